The van der Waals surface area contributed by atoms with E-state index >= 15 is 0 Å². The standard InChI is InChI=1S/C28H29F3N6O4/c1-3-36(4-2)18-11-9-17(10-12-18)26(39)35-24(20-7-5-6-8-23(20)41-28(29,30)31)25(38)27(40)37(32)19-13-14-21-22(15-19)34-16-33-21/h5-16,24-25,38H,3-4,32H2,1-2H3,(H,33,34)(H,35,39). The Hall–Kier alpha value is -4.62. The van der Waals surface area contributed by atoms with Crippen molar-refractivity contribution in [3.05, 3.63) is 84.2 Å². The number of nitrogens with zero attached hydrogens (tertiary/aromatic N) is 3. The van der Waals surface area contributed by atoms with Crippen molar-refractivity contribution in [1.29, 1.82) is 0 Å². The Kier molecular flexibility index (Phi) is 8.79. The second-order valence-electron chi connectivity index (χ2n) is 9.01. The zero-order chi connectivity index (χ0) is 29.7. The van der Waals surface area contributed by atoms with Gasteiger partial charge in [0.2, 0.25) is 0 Å². The number of fused-ring (bicyclic) bond motifs is 1. The number of amides is 2. The fourth-order valence-corrected chi connectivity index (χ4v) is 4.40. The maximum absolute atomic E-state index is 13.3. The summed E-state index contributed by atoms with van der Waals surface area (Å²) < 4.78 is 43.8. The molecule has 0 aliphatic rings. The van der Waals surface area contributed by atoms with Crippen molar-refractivity contribution in [2.75, 3.05) is 23.0 Å². The number of rotatable bonds is 10. The number of nitrogens with one attached hydrogen (secondary N) is 2. The molecule has 2 amide bonds. The van der Waals surface area contributed by atoms with E-state index in [0.29, 0.717) is 16.0 Å². The normalized spacial score (nSPS) is 13.0. The lowest BCUT2D eigenvalue weighted by molar-refractivity contribution is -0.275. The van der Waals surface area contributed by atoms with Gasteiger partial charge < -0.3 is 25.0 Å². The third-order valence-corrected chi connectivity index (χ3v) is 6.51. The maximum Gasteiger partial charge on any atom is 0.573 e. The van der Waals surface area contributed by atoms with Crippen molar-refractivity contribution in [1.82, 2.24) is 15.3 Å². The van der Waals surface area contributed by atoms with Gasteiger partial charge in [0.1, 0.15) is 5.75 Å². The smallest absolute Gasteiger partial charge is 0.405 e. The summed E-state index contributed by atoms with van der Waals surface area (Å²) in [5.41, 5.74) is 2.08. The van der Waals surface area contributed by atoms with Crippen molar-refractivity contribution >= 4 is 34.2 Å². The van der Waals surface area contributed by atoms with Crippen molar-refractivity contribution < 1.29 is 32.6 Å². The van der Waals surface area contributed by atoms with Gasteiger partial charge in [-0.25, -0.2) is 15.8 Å². The Bertz CT molecular complexity index is 1500. The van der Waals surface area contributed by atoms with Crippen molar-refractivity contribution in [3.8, 4) is 5.75 Å². The molecule has 1 heterocycles. The second-order valence-corrected chi connectivity index (χ2v) is 9.01. The molecule has 10 nitrogen and oxygen atoms in total. The number of alkyl halides is 3. The minimum absolute atomic E-state index is 0.161. The van der Waals surface area contributed by atoms with Gasteiger partial charge in [-0.05, 0) is 62.4 Å². The highest BCUT2D eigenvalue weighted by Gasteiger charge is 2.37. The van der Waals surface area contributed by atoms with Gasteiger partial charge in [0.05, 0.1) is 29.1 Å². The molecule has 5 N–H and O–H groups in total. The fraction of sp³-hybridized carbons (Fsp3) is 0.250. The SMILES string of the molecule is CCN(CC)c1ccc(C(=O)NC(c2ccccc2OC(F)(F)F)C(O)C(=O)N(N)c2ccc3nc[nH]c3c2)cc1. The lowest BCUT2D eigenvalue weighted by Crippen LogP contribution is -2.50. The quantitative estimate of drug-likeness (QED) is 0.128. The third-order valence-electron chi connectivity index (χ3n) is 6.51. The average Bonchev–Trinajstić information content (AvgIpc) is 3.43. The first kappa shape index (κ1) is 29.4. The van der Waals surface area contributed by atoms with Gasteiger partial charge in [-0.3, -0.25) is 9.59 Å². The summed E-state index contributed by atoms with van der Waals surface area (Å²) in [6.45, 7) is 5.47. The molecule has 1 aromatic heterocycles. The number of hydrazine groups is 1. The second kappa shape index (κ2) is 12.3. The van der Waals surface area contributed by atoms with Crippen LogP contribution in [-0.2, 0) is 4.79 Å². The Balaban J connectivity index is 1.67. The lowest BCUT2D eigenvalue weighted by atomic mass is 9.98. The first-order chi connectivity index (χ1) is 19.5. The van der Waals surface area contributed by atoms with E-state index in [2.05, 4.69) is 24.9 Å². The van der Waals surface area contributed by atoms with E-state index in [1.807, 2.05) is 13.8 Å². The van der Waals surface area contributed by atoms with Gasteiger partial charge in [-0.1, -0.05) is 18.2 Å². The molecule has 3 aromatic carbocycles. The topological polar surface area (TPSA) is 137 Å². The minimum atomic E-state index is -5.07. The molecule has 4 rings (SSSR count). The summed E-state index contributed by atoms with van der Waals surface area (Å²) in [5, 5.41) is 14.3. The maximum atomic E-state index is 13.3. The Morgan fingerprint density at radius 2 is 1.71 bits per heavy atom. The molecule has 4 aromatic rings. The van der Waals surface area contributed by atoms with E-state index in [4.69, 9.17) is 5.84 Å². The summed E-state index contributed by atoms with van der Waals surface area (Å²) in [5.74, 6) is 3.50. The number of aromatic amines is 1. The van der Waals surface area contributed by atoms with E-state index in [1.54, 1.807) is 30.3 Å². The van der Waals surface area contributed by atoms with Crippen LogP contribution in [0.15, 0.2) is 73.1 Å². The van der Waals surface area contributed by atoms with Crippen LogP contribution in [0.3, 0.4) is 0 Å². The predicted molar refractivity (Wildman–Crippen MR) is 147 cm³/mol. The van der Waals surface area contributed by atoms with Gasteiger partial charge in [0, 0.05) is 29.9 Å². The number of halogens is 3. The first-order valence-electron chi connectivity index (χ1n) is 12.7. The number of nitrogens with two attached hydrogens (primary N) is 1. The van der Waals surface area contributed by atoms with E-state index < -0.39 is 36.1 Å². The van der Waals surface area contributed by atoms with Crippen molar-refractivity contribution in [2.45, 2.75) is 32.4 Å². The molecule has 216 valence electrons. The highest BCUT2D eigenvalue weighted by molar-refractivity contribution is 5.99. The molecular weight excluding hydrogens is 541 g/mol. The number of carbonyl (C=O) groups excluding carboxylic acids is 2. The Labute approximate surface area is 233 Å². The molecule has 41 heavy (non-hydrogen) atoms. The Morgan fingerprint density at radius 3 is 2.37 bits per heavy atom. The van der Waals surface area contributed by atoms with Crippen LogP contribution in [-0.4, -0.2) is 52.4 Å². The predicted octanol–water partition coefficient (Wildman–Crippen LogP) is 4.05. The highest BCUT2D eigenvalue weighted by Crippen LogP contribution is 2.33. The molecular formula is C28H29F3N6O4. The molecule has 0 aliphatic heterocycles. The lowest BCUT2D eigenvalue weighted by Gasteiger charge is -2.28. The fourth-order valence-electron chi connectivity index (χ4n) is 4.40. The summed E-state index contributed by atoms with van der Waals surface area (Å²) in [7, 11) is 0. The van der Waals surface area contributed by atoms with E-state index in [9.17, 15) is 27.9 Å². The molecule has 0 radical (unpaired) electrons. The van der Waals surface area contributed by atoms with Crippen LogP contribution in [0.1, 0.15) is 35.8 Å². The van der Waals surface area contributed by atoms with Crippen LogP contribution < -0.4 is 25.8 Å². The van der Waals surface area contributed by atoms with Crippen LogP contribution in [0.5, 0.6) is 5.75 Å². The van der Waals surface area contributed by atoms with Crippen LogP contribution >= 0.6 is 0 Å². The molecule has 2 unspecified atom stereocenters. The van der Waals surface area contributed by atoms with Gasteiger partial charge in [-0.15, -0.1) is 13.2 Å². The number of para-hydroxylation sites is 1. The number of aliphatic hydroxyl groups excluding tert-OH is 1. The van der Waals surface area contributed by atoms with E-state index in [0.717, 1.165) is 24.8 Å². The Morgan fingerprint density at radius 1 is 1.05 bits per heavy atom. The zero-order valence-corrected chi connectivity index (χ0v) is 22.2. The number of H-pyrrole nitrogens is 1. The highest BCUT2D eigenvalue weighted by atomic mass is 19.4. The molecule has 0 bridgehead atoms. The summed E-state index contributed by atoms with van der Waals surface area (Å²) in [4.78, 5) is 35.6. The number of ether oxygens (including phenoxy) is 1. The van der Waals surface area contributed by atoms with Gasteiger partial charge in [0.25, 0.3) is 11.8 Å². The van der Waals surface area contributed by atoms with Crippen LogP contribution in [0.4, 0.5) is 24.5 Å². The molecule has 0 saturated carbocycles. The largest absolute Gasteiger partial charge is 0.573 e. The average molecular weight is 571 g/mol. The molecule has 0 fully saturated rings. The van der Waals surface area contributed by atoms with E-state index in [1.165, 1.54) is 36.7 Å². The number of benzene rings is 3. The van der Waals surface area contributed by atoms with Gasteiger partial charge in [-0.2, -0.15) is 0 Å². The van der Waals surface area contributed by atoms with Gasteiger partial charge in [0.15, 0.2) is 6.10 Å². The number of carbonyl (C=O) groups is 2. The molecule has 0 aliphatic carbocycles. The molecule has 2 atom stereocenters. The van der Waals surface area contributed by atoms with Crippen LogP contribution in [0.2, 0.25) is 0 Å². The molecule has 13 heteroatoms. The van der Waals surface area contributed by atoms with E-state index in [-0.39, 0.29) is 16.8 Å². The number of imidazole rings is 1. The number of anilines is 2. The minimum Gasteiger partial charge on any atom is -0.405 e. The number of hydrogen-bond acceptors (Lipinski definition) is 7. The van der Waals surface area contributed by atoms with Crippen molar-refractivity contribution in [3.63, 3.8) is 0 Å². The van der Waals surface area contributed by atoms with Gasteiger partial charge >= 0.3 is 6.36 Å². The first-order valence-corrected chi connectivity index (χ1v) is 12.7. The number of hydrogen-bond donors (Lipinski definition) is 4. The number of aromatic nitrogens is 2. The number of aliphatic hydroxyl groups is 1. The molecule has 0 spiro atoms. The van der Waals surface area contributed by atoms with Crippen molar-refractivity contribution in [2.24, 2.45) is 5.84 Å². The third kappa shape index (κ3) is 6.76. The summed E-state index contributed by atoms with van der Waals surface area (Å²) in [6, 6.07) is 14.4. The van der Waals surface area contributed by atoms with Crippen LogP contribution in [0.25, 0.3) is 11.0 Å². The van der Waals surface area contributed by atoms with Crippen LogP contribution in [0, 0.1) is 0 Å². The zero-order valence-electron chi connectivity index (χ0n) is 22.2. The molecule has 0 saturated heterocycles. The monoisotopic (exact) mass is 570 g/mol. The summed E-state index contributed by atoms with van der Waals surface area (Å²) in [6.07, 6.45) is -5.72. The summed E-state index contributed by atoms with van der Waals surface area (Å²) >= 11 is 0.